The summed E-state index contributed by atoms with van der Waals surface area (Å²) < 4.78 is 5.40. The molecule has 1 aliphatic rings. The molecule has 1 heterocycles. The van der Waals surface area contributed by atoms with E-state index in [2.05, 4.69) is 5.32 Å². The number of piperidine rings is 1. The number of hydrogen-bond donors (Lipinski definition) is 1. The smallest absolute Gasteiger partial charge is 0.312 e. The van der Waals surface area contributed by atoms with Crippen LogP contribution < -0.4 is 5.32 Å². The van der Waals surface area contributed by atoms with E-state index >= 15 is 0 Å². The molecule has 0 radical (unpaired) electrons. The van der Waals surface area contributed by atoms with Gasteiger partial charge in [0.25, 0.3) is 0 Å². The topological polar surface area (TPSA) is 38.3 Å². The van der Waals surface area contributed by atoms with E-state index in [1.165, 1.54) is 0 Å². The summed E-state index contributed by atoms with van der Waals surface area (Å²) in [6.07, 6.45) is 1.72. The third-order valence-corrected chi connectivity index (χ3v) is 3.41. The van der Waals surface area contributed by atoms with Crippen LogP contribution in [0.5, 0.6) is 0 Å². The van der Waals surface area contributed by atoms with Crippen LogP contribution in [0, 0.1) is 5.41 Å². The monoisotopic (exact) mass is 233 g/mol. The average molecular weight is 233 g/mol. The minimum Gasteiger partial charge on any atom is -0.460 e. The maximum atomic E-state index is 12.0. The van der Waals surface area contributed by atoms with Gasteiger partial charge in [0.15, 0.2) is 0 Å². The standard InChI is InChI=1S/C14H19NO2/c1-14(7-9-15-10-8-14)13(16)17-11-12-5-3-2-4-6-12/h2-6,15H,7-11H2,1H3. The minimum atomic E-state index is -0.306. The highest BCUT2D eigenvalue weighted by Gasteiger charge is 2.35. The van der Waals surface area contributed by atoms with Crippen molar-refractivity contribution in [3.8, 4) is 0 Å². The Kier molecular flexibility index (Phi) is 3.79. The fourth-order valence-corrected chi connectivity index (χ4v) is 2.08. The lowest BCUT2D eigenvalue weighted by Gasteiger charge is -2.31. The zero-order valence-corrected chi connectivity index (χ0v) is 10.2. The van der Waals surface area contributed by atoms with Crippen molar-refractivity contribution < 1.29 is 9.53 Å². The van der Waals surface area contributed by atoms with Gasteiger partial charge in [0.05, 0.1) is 5.41 Å². The van der Waals surface area contributed by atoms with Gasteiger partial charge in [0, 0.05) is 0 Å². The van der Waals surface area contributed by atoms with Crippen molar-refractivity contribution in [2.45, 2.75) is 26.4 Å². The second kappa shape index (κ2) is 5.32. The van der Waals surface area contributed by atoms with Crippen LogP contribution in [0.2, 0.25) is 0 Å². The van der Waals surface area contributed by atoms with Gasteiger partial charge in [-0.1, -0.05) is 30.3 Å². The normalized spacial score (nSPS) is 18.6. The van der Waals surface area contributed by atoms with Gasteiger partial charge in [-0.3, -0.25) is 4.79 Å². The van der Waals surface area contributed by atoms with Gasteiger partial charge < -0.3 is 10.1 Å². The molecule has 0 saturated carbocycles. The third-order valence-electron chi connectivity index (χ3n) is 3.41. The van der Waals surface area contributed by atoms with Crippen LogP contribution in [0.3, 0.4) is 0 Å². The molecule has 1 aromatic carbocycles. The molecular formula is C14H19NO2. The predicted octanol–water partition coefficient (Wildman–Crippen LogP) is 2.12. The quantitative estimate of drug-likeness (QED) is 0.813. The van der Waals surface area contributed by atoms with E-state index in [1.54, 1.807) is 0 Å². The minimum absolute atomic E-state index is 0.0668. The van der Waals surface area contributed by atoms with Crippen molar-refractivity contribution in [3.05, 3.63) is 35.9 Å². The molecule has 0 amide bonds. The highest BCUT2D eigenvalue weighted by molar-refractivity contribution is 5.76. The molecule has 92 valence electrons. The molecule has 3 heteroatoms. The second-order valence-corrected chi connectivity index (χ2v) is 4.87. The Bertz CT molecular complexity index is 369. The van der Waals surface area contributed by atoms with Crippen molar-refractivity contribution in [1.29, 1.82) is 0 Å². The molecule has 0 aliphatic carbocycles. The maximum absolute atomic E-state index is 12.0. The molecule has 1 fully saturated rings. The molecule has 1 saturated heterocycles. The molecule has 3 nitrogen and oxygen atoms in total. The molecule has 2 rings (SSSR count). The zero-order chi connectivity index (χ0) is 12.1. The van der Waals surface area contributed by atoms with Crippen LogP contribution >= 0.6 is 0 Å². The molecular weight excluding hydrogens is 214 g/mol. The van der Waals surface area contributed by atoms with Crippen molar-refractivity contribution in [3.63, 3.8) is 0 Å². The van der Waals surface area contributed by atoms with Crippen LogP contribution in [0.15, 0.2) is 30.3 Å². The van der Waals surface area contributed by atoms with E-state index in [0.29, 0.717) is 6.61 Å². The Morgan fingerprint density at radius 3 is 2.59 bits per heavy atom. The summed E-state index contributed by atoms with van der Waals surface area (Å²) in [7, 11) is 0. The first-order valence-electron chi connectivity index (χ1n) is 6.13. The summed E-state index contributed by atoms with van der Waals surface area (Å²) in [5.41, 5.74) is 0.735. The van der Waals surface area contributed by atoms with E-state index in [4.69, 9.17) is 4.74 Å². The molecule has 1 N–H and O–H groups in total. The van der Waals surface area contributed by atoms with Crippen LogP contribution in [0.4, 0.5) is 0 Å². The number of hydrogen-bond acceptors (Lipinski definition) is 3. The molecule has 1 aromatic rings. The molecule has 0 spiro atoms. The first kappa shape index (κ1) is 12.1. The van der Waals surface area contributed by atoms with E-state index in [-0.39, 0.29) is 11.4 Å². The second-order valence-electron chi connectivity index (χ2n) is 4.87. The number of carbonyl (C=O) groups excluding carboxylic acids is 1. The van der Waals surface area contributed by atoms with Crippen molar-refractivity contribution in [2.75, 3.05) is 13.1 Å². The molecule has 0 aromatic heterocycles. The van der Waals surface area contributed by atoms with Crippen LogP contribution in [-0.2, 0) is 16.1 Å². The van der Waals surface area contributed by atoms with Gasteiger partial charge in [-0.15, -0.1) is 0 Å². The summed E-state index contributed by atoms with van der Waals surface area (Å²) in [4.78, 5) is 12.0. The van der Waals surface area contributed by atoms with Crippen molar-refractivity contribution in [2.24, 2.45) is 5.41 Å². The van der Waals surface area contributed by atoms with Gasteiger partial charge in [-0.2, -0.15) is 0 Å². The first-order valence-corrected chi connectivity index (χ1v) is 6.13. The van der Waals surface area contributed by atoms with Gasteiger partial charge in [0.1, 0.15) is 6.61 Å². The summed E-state index contributed by atoms with van der Waals surface area (Å²) in [5, 5.41) is 3.26. The number of nitrogens with one attached hydrogen (secondary N) is 1. The molecule has 0 unspecified atom stereocenters. The largest absolute Gasteiger partial charge is 0.460 e. The molecule has 0 atom stereocenters. The average Bonchev–Trinajstić information content (AvgIpc) is 2.38. The fraction of sp³-hybridized carbons (Fsp3) is 0.500. The van der Waals surface area contributed by atoms with Crippen LogP contribution in [0.25, 0.3) is 0 Å². The molecule has 17 heavy (non-hydrogen) atoms. The van der Waals surface area contributed by atoms with E-state index in [1.807, 2.05) is 37.3 Å². The summed E-state index contributed by atoms with van der Waals surface area (Å²) in [6, 6.07) is 9.81. The number of ether oxygens (including phenoxy) is 1. The number of carbonyl (C=O) groups is 1. The Morgan fingerprint density at radius 2 is 1.94 bits per heavy atom. The summed E-state index contributed by atoms with van der Waals surface area (Å²) in [6.45, 7) is 4.18. The van der Waals surface area contributed by atoms with Crippen LogP contribution in [-0.4, -0.2) is 19.1 Å². The molecule has 0 bridgehead atoms. The van der Waals surface area contributed by atoms with E-state index < -0.39 is 0 Å². The van der Waals surface area contributed by atoms with Crippen molar-refractivity contribution in [1.82, 2.24) is 5.32 Å². The first-order chi connectivity index (χ1) is 8.21. The molecule has 1 aliphatic heterocycles. The summed E-state index contributed by atoms with van der Waals surface area (Å²) >= 11 is 0. The van der Waals surface area contributed by atoms with Gasteiger partial charge >= 0.3 is 5.97 Å². The van der Waals surface area contributed by atoms with Gasteiger partial charge in [0.2, 0.25) is 0 Å². The van der Waals surface area contributed by atoms with E-state index in [9.17, 15) is 4.79 Å². The lowest BCUT2D eigenvalue weighted by Crippen LogP contribution is -2.40. The Balaban J connectivity index is 1.88. The third kappa shape index (κ3) is 3.07. The maximum Gasteiger partial charge on any atom is 0.312 e. The lowest BCUT2D eigenvalue weighted by atomic mass is 9.81. The van der Waals surface area contributed by atoms with Gasteiger partial charge in [-0.25, -0.2) is 0 Å². The SMILES string of the molecule is CC1(C(=O)OCc2ccccc2)CCNCC1. The summed E-state index contributed by atoms with van der Waals surface area (Å²) in [5.74, 6) is -0.0668. The predicted molar refractivity (Wildman–Crippen MR) is 66.4 cm³/mol. The highest BCUT2D eigenvalue weighted by Crippen LogP contribution is 2.29. The lowest BCUT2D eigenvalue weighted by molar-refractivity contribution is -0.157. The Morgan fingerprint density at radius 1 is 1.29 bits per heavy atom. The number of esters is 1. The fourth-order valence-electron chi connectivity index (χ4n) is 2.08. The van der Waals surface area contributed by atoms with E-state index in [0.717, 1.165) is 31.5 Å². The highest BCUT2D eigenvalue weighted by atomic mass is 16.5. The van der Waals surface area contributed by atoms with Crippen LogP contribution in [0.1, 0.15) is 25.3 Å². The zero-order valence-electron chi connectivity index (χ0n) is 10.2. The van der Waals surface area contributed by atoms with Crippen molar-refractivity contribution >= 4 is 5.97 Å². The Labute approximate surface area is 102 Å². The number of rotatable bonds is 3. The number of benzene rings is 1. The Hall–Kier alpha value is -1.35. The van der Waals surface area contributed by atoms with Gasteiger partial charge in [-0.05, 0) is 38.4 Å².